The molecule has 3 heteroatoms. The summed E-state index contributed by atoms with van der Waals surface area (Å²) in [6.07, 6.45) is 5.75. The van der Waals surface area contributed by atoms with E-state index in [4.69, 9.17) is 5.73 Å². The molecule has 74 valence electrons. The average Bonchev–Trinajstić information content (AvgIpc) is 2.18. The number of piperidine rings is 1. The topological polar surface area (TPSA) is 46.3 Å². The standard InChI is InChI=1S/C10H18N2O/c1-2-6-9(11)10(13)12-7-4-3-5-8-12/h2,9H,1,3-8,11H2. The molecule has 2 N–H and O–H groups in total. The average molecular weight is 182 g/mol. The monoisotopic (exact) mass is 182 g/mol. The molecule has 1 fully saturated rings. The molecule has 1 atom stereocenters. The van der Waals surface area contributed by atoms with Gasteiger partial charge in [0.05, 0.1) is 6.04 Å². The molecule has 1 saturated heterocycles. The Balaban J connectivity index is 2.40. The number of hydrogen-bond donors (Lipinski definition) is 1. The molecule has 0 bridgehead atoms. The van der Waals surface area contributed by atoms with E-state index < -0.39 is 0 Å². The third-order valence-corrected chi connectivity index (χ3v) is 2.41. The molecule has 0 aromatic rings. The molecule has 1 aliphatic heterocycles. The van der Waals surface area contributed by atoms with Gasteiger partial charge in [0, 0.05) is 13.1 Å². The first kappa shape index (κ1) is 10.3. The van der Waals surface area contributed by atoms with Gasteiger partial charge in [-0.15, -0.1) is 6.58 Å². The summed E-state index contributed by atoms with van der Waals surface area (Å²) in [6.45, 7) is 5.33. The first-order valence-electron chi connectivity index (χ1n) is 4.91. The zero-order valence-electron chi connectivity index (χ0n) is 8.04. The van der Waals surface area contributed by atoms with Crippen LogP contribution in [0.1, 0.15) is 25.7 Å². The summed E-state index contributed by atoms with van der Waals surface area (Å²) in [5.41, 5.74) is 5.70. The lowest BCUT2D eigenvalue weighted by Crippen LogP contribution is -2.45. The van der Waals surface area contributed by atoms with Crippen molar-refractivity contribution in [2.45, 2.75) is 31.7 Å². The lowest BCUT2D eigenvalue weighted by molar-refractivity contribution is -0.133. The van der Waals surface area contributed by atoms with Crippen molar-refractivity contribution in [3.63, 3.8) is 0 Å². The Labute approximate surface area is 79.6 Å². The maximum absolute atomic E-state index is 11.6. The highest BCUT2D eigenvalue weighted by Crippen LogP contribution is 2.10. The van der Waals surface area contributed by atoms with E-state index in [-0.39, 0.29) is 11.9 Å². The number of nitrogens with two attached hydrogens (primary N) is 1. The van der Waals surface area contributed by atoms with E-state index >= 15 is 0 Å². The zero-order chi connectivity index (χ0) is 9.68. The minimum absolute atomic E-state index is 0.0830. The second kappa shape index (κ2) is 5.02. The van der Waals surface area contributed by atoms with Gasteiger partial charge in [-0.3, -0.25) is 4.79 Å². The van der Waals surface area contributed by atoms with E-state index in [0.717, 1.165) is 25.9 Å². The van der Waals surface area contributed by atoms with Crippen molar-refractivity contribution in [1.82, 2.24) is 4.90 Å². The van der Waals surface area contributed by atoms with E-state index in [1.54, 1.807) is 6.08 Å². The van der Waals surface area contributed by atoms with Crippen molar-refractivity contribution >= 4 is 5.91 Å². The van der Waals surface area contributed by atoms with Gasteiger partial charge < -0.3 is 10.6 Å². The second-order valence-corrected chi connectivity index (χ2v) is 3.52. The van der Waals surface area contributed by atoms with Crippen LogP contribution < -0.4 is 5.73 Å². The smallest absolute Gasteiger partial charge is 0.239 e. The molecule has 0 radical (unpaired) electrons. The number of carbonyl (C=O) groups is 1. The first-order chi connectivity index (χ1) is 6.25. The Hall–Kier alpha value is -0.830. The number of amides is 1. The summed E-state index contributed by atoms with van der Waals surface area (Å²) in [6, 6.07) is -0.379. The van der Waals surface area contributed by atoms with Gasteiger partial charge in [-0.05, 0) is 25.7 Å². The molecular weight excluding hydrogens is 164 g/mol. The lowest BCUT2D eigenvalue weighted by Gasteiger charge is -2.28. The quantitative estimate of drug-likeness (QED) is 0.659. The molecule has 0 aromatic heterocycles. The van der Waals surface area contributed by atoms with Crippen LogP contribution >= 0.6 is 0 Å². The van der Waals surface area contributed by atoms with Gasteiger partial charge in [-0.2, -0.15) is 0 Å². The van der Waals surface area contributed by atoms with E-state index in [1.165, 1.54) is 6.42 Å². The maximum Gasteiger partial charge on any atom is 0.239 e. The fourth-order valence-corrected chi connectivity index (χ4v) is 1.63. The van der Waals surface area contributed by atoms with Crippen LogP contribution in [0.3, 0.4) is 0 Å². The SMILES string of the molecule is C=CCC(N)C(=O)N1CCCCC1. The van der Waals surface area contributed by atoms with Crippen molar-refractivity contribution in [3.05, 3.63) is 12.7 Å². The Bertz CT molecular complexity index is 185. The van der Waals surface area contributed by atoms with Crippen molar-refractivity contribution in [2.75, 3.05) is 13.1 Å². The number of nitrogens with zero attached hydrogens (tertiary/aromatic N) is 1. The number of hydrogen-bond acceptors (Lipinski definition) is 2. The molecule has 0 aromatic carbocycles. The van der Waals surface area contributed by atoms with Crippen LogP contribution in [0.5, 0.6) is 0 Å². The van der Waals surface area contributed by atoms with Gasteiger partial charge in [-0.25, -0.2) is 0 Å². The summed E-state index contributed by atoms with van der Waals surface area (Å²) in [5.74, 6) is 0.0830. The molecule has 0 saturated carbocycles. The fraction of sp³-hybridized carbons (Fsp3) is 0.700. The fourth-order valence-electron chi connectivity index (χ4n) is 1.63. The molecule has 1 amide bonds. The summed E-state index contributed by atoms with van der Waals surface area (Å²) >= 11 is 0. The molecule has 0 spiro atoms. The minimum atomic E-state index is -0.379. The molecule has 0 aliphatic carbocycles. The van der Waals surface area contributed by atoms with Crippen LogP contribution in [0.15, 0.2) is 12.7 Å². The Kier molecular flexibility index (Phi) is 3.96. The van der Waals surface area contributed by atoms with Crippen LogP contribution in [-0.4, -0.2) is 29.9 Å². The van der Waals surface area contributed by atoms with Gasteiger partial charge in [-0.1, -0.05) is 6.08 Å². The van der Waals surface area contributed by atoms with Crippen molar-refractivity contribution in [3.8, 4) is 0 Å². The van der Waals surface area contributed by atoms with E-state index in [0.29, 0.717) is 6.42 Å². The van der Waals surface area contributed by atoms with Crippen molar-refractivity contribution in [2.24, 2.45) is 5.73 Å². The van der Waals surface area contributed by atoms with Crippen LogP contribution in [0.2, 0.25) is 0 Å². The summed E-state index contributed by atoms with van der Waals surface area (Å²) in [7, 11) is 0. The highest BCUT2D eigenvalue weighted by Gasteiger charge is 2.21. The lowest BCUT2D eigenvalue weighted by atomic mass is 10.1. The molecule has 1 aliphatic rings. The van der Waals surface area contributed by atoms with E-state index in [1.807, 2.05) is 4.90 Å². The maximum atomic E-state index is 11.6. The highest BCUT2D eigenvalue weighted by molar-refractivity contribution is 5.81. The largest absolute Gasteiger partial charge is 0.341 e. The van der Waals surface area contributed by atoms with Gasteiger partial charge in [0.2, 0.25) is 5.91 Å². The zero-order valence-corrected chi connectivity index (χ0v) is 8.04. The predicted octanol–water partition coefficient (Wildman–Crippen LogP) is 0.902. The van der Waals surface area contributed by atoms with Crippen LogP contribution in [-0.2, 0) is 4.79 Å². The molecule has 1 rings (SSSR count). The summed E-state index contributed by atoms with van der Waals surface area (Å²) in [5, 5.41) is 0. The van der Waals surface area contributed by atoms with E-state index in [9.17, 15) is 4.79 Å². The summed E-state index contributed by atoms with van der Waals surface area (Å²) < 4.78 is 0. The molecule has 3 nitrogen and oxygen atoms in total. The van der Waals surface area contributed by atoms with Crippen LogP contribution in [0.4, 0.5) is 0 Å². The normalized spacial score (nSPS) is 19.6. The third-order valence-electron chi connectivity index (χ3n) is 2.41. The summed E-state index contributed by atoms with van der Waals surface area (Å²) in [4.78, 5) is 13.5. The molecule has 13 heavy (non-hydrogen) atoms. The van der Waals surface area contributed by atoms with Gasteiger partial charge in [0.25, 0.3) is 0 Å². The Morgan fingerprint density at radius 2 is 2.08 bits per heavy atom. The van der Waals surface area contributed by atoms with Crippen LogP contribution in [0.25, 0.3) is 0 Å². The highest BCUT2D eigenvalue weighted by atomic mass is 16.2. The van der Waals surface area contributed by atoms with Crippen molar-refractivity contribution < 1.29 is 4.79 Å². The molecule has 1 heterocycles. The number of likely N-dealkylation sites (tertiary alicyclic amines) is 1. The first-order valence-corrected chi connectivity index (χ1v) is 4.91. The van der Waals surface area contributed by atoms with Crippen molar-refractivity contribution in [1.29, 1.82) is 0 Å². The Morgan fingerprint density at radius 1 is 1.46 bits per heavy atom. The van der Waals surface area contributed by atoms with Crippen LogP contribution in [0, 0.1) is 0 Å². The molecular formula is C10H18N2O. The van der Waals surface area contributed by atoms with Gasteiger partial charge in [0.15, 0.2) is 0 Å². The number of carbonyl (C=O) groups excluding carboxylic acids is 1. The Morgan fingerprint density at radius 3 is 2.62 bits per heavy atom. The predicted molar refractivity (Wildman–Crippen MR) is 53.2 cm³/mol. The van der Waals surface area contributed by atoms with E-state index in [2.05, 4.69) is 6.58 Å². The van der Waals surface area contributed by atoms with Gasteiger partial charge in [0.1, 0.15) is 0 Å². The third kappa shape index (κ3) is 2.84. The minimum Gasteiger partial charge on any atom is -0.341 e. The van der Waals surface area contributed by atoms with Gasteiger partial charge >= 0.3 is 0 Å². The number of rotatable bonds is 3. The molecule has 1 unspecified atom stereocenters. The second-order valence-electron chi connectivity index (χ2n) is 3.52.